The standard InChI is InChI=1S/C32H34N6O4/c1-3-21-17-28(39)38(18-21)27-10-4-8-24-23(27)12-11-20(2)29(24)42-30-25(9-5-14-33-30)26-13-15-34-31(36-26)35-22-7-6-16-37(19-22)32(40)41/h4-5,8-15,21-22H,3,6-7,16-19H2,1-2H3,(H,40,41)(H,34,35,36). The molecule has 2 aliphatic rings. The Kier molecular flexibility index (Phi) is 7.60. The van der Waals surface area contributed by atoms with Crippen LogP contribution in [-0.4, -0.2) is 62.6 Å². The van der Waals surface area contributed by atoms with Crippen molar-refractivity contribution in [1.29, 1.82) is 0 Å². The number of hydrogen-bond acceptors (Lipinski definition) is 7. The van der Waals surface area contributed by atoms with E-state index in [-0.39, 0.29) is 11.9 Å². The Bertz CT molecular complexity index is 1640. The lowest BCUT2D eigenvalue weighted by atomic mass is 10.0. The number of hydrogen-bond donors (Lipinski definition) is 2. The number of anilines is 2. The molecule has 4 heterocycles. The minimum Gasteiger partial charge on any atom is -0.465 e. The van der Waals surface area contributed by atoms with Crippen molar-refractivity contribution < 1.29 is 19.4 Å². The predicted octanol–water partition coefficient (Wildman–Crippen LogP) is 6.11. The Morgan fingerprint density at radius 3 is 2.76 bits per heavy atom. The van der Waals surface area contributed by atoms with Gasteiger partial charge < -0.3 is 25.0 Å². The summed E-state index contributed by atoms with van der Waals surface area (Å²) in [6.45, 7) is 5.77. The first-order chi connectivity index (χ1) is 20.4. The van der Waals surface area contributed by atoms with Gasteiger partial charge in [-0.1, -0.05) is 37.6 Å². The van der Waals surface area contributed by atoms with Gasteiger partial charge in [-0.3, -0.25) is 4.79 Å². The Morgan fingerprint density at radius 1 is 1.07 bits per heavy atom. The van der Waals surface area contributed by atoms with Crippen LogP contribution in [0.5, 0.6) is 11.6 Å². The first-order valence-corrected chi connectivity index (χ1v) is 14.4. The topological polar surface area (TPSA) is 121 Å². The normalized spacial score (nSPS) is 18.9. The average Bonchev–Trinajstić information content (AvgIpc) is 3.39. The molecule has 0 spiro atoms. The molecule has 0 aliphatic carbocycles. The predicted molar refractivity (Wildman–Crippen MR) is 161 cm³/mol. The van der Waals surface area contributed by atoms with E-state index in [9.17, 15) is 14.7 Å². The van der Waals surface area contributed by atoms with Crippen LogP contribution >= 0.6 is 0 Å². The zero-order valence-electron chi connectivity index (χ0n) is 23.8. The van der Waals surface area contributed by atoms with Crippen molar-refractivity contribution in [2.75, 3.05) is 29.9 Å². The fraction of sp³-hybridized carbons (Fsp3) is 0.344. The highest BCUT2D eigenvalue weighted by atomic mass is 16.5. The SMILES string of the molecule is CCC1CC(=O)N(c2cccc3c(Oc4ncccc4-c4ccnc(NC5CCCN(C(=O)O)C5)n4)c(C)ccc23)C1. The van der Waals surface area contributed by atoms with Gasteiger partial charge in [-0.15, -0.1) is 0 Å². The van der Waals surface area contributed by atoms with E-state index in [2.05, 4.69) is 28.3 Å². The molecule has 2 fully saturated rings. The van der Waals surface area contributed by atoms with Crippen molar-refractivity contribution in [2.24, 2.45) is 5.92 Å². The van der Waals surface area contributed by atoms with Crippen LogP contribution in [0.1, 0.15) is 38.2 Å². The van der Waals surface area contributed by atoms with Crippen LogP contribution in [0.2, 0.25) is 0 Å². The monoisotopic (exact) mass is 566 g/mol. The largest absolute Gasteiger partial charge is 0.465 e. The molecule has 0 bridgehead atoms. The minimum absolute atomic E-state index is 0.0719. The summed E-state index contributed by atoms with van der Waals surface area (Å²) >= 11 is 0. The fourth-order valence-electron chi connectivity index (χ4n) is 5.87. The van der Waals surface area contributed by atoms with E-state index in [1.54, 1.807) is 18.5 Å². The van der Waals surface area contributed by atoms with E-state index in [0.29, 0.717) is 54.3 Å². The van der Waals surface area contributed by atoms with Gasteiger partial charge >= 0.3 is 6.09 Å². The molecule has 42 heavy (non-hydrogen) atoms. The number of piperidine rings is 1. The number of likely N-dealkylation sites (tertiary alicyclic amines) is 1. The average molecular weight is 567 g/mol. The van der Waals surface area contributed by atoms with Crippen molar-refractivity contribution in [3.8, 4) is 22.9 Å². The van der Waals surface area contributed by atoms with Crippen LogP contribution in [0.3, 0.4) is 0 Å². The maximum Gasteiger partial charge on any atom is 0.407 e. The fourth-order valence-corrected chi connectivity index (χ4v) is 5.87. The highest BCUT2D eigenvalue weighted by Gasteiger charge is 2.30. The molecule has 10 nitrogen and oxygen atoms in total. The summed E-state index contributed by atoms with van der Waals surface area (Å²) < 4.78 is 6.56. The molecule has 2 amide bonds. The summed E-state index contributed by atoms with van der Waals surface area (Å²) in [5.41, 5.74) is 3.18. The van der Waals surface area contributed by atoms with Gasteiger partial charge in [0.05, 0.1) is 16.9 Å². The summed E-state index contributed by atoms with van der Waals surface area (Å²) in [5, 5.41) is 14.5. The van der Waals surface area contributed by atoms with Crippen LogP contribution in [0.4, 0.5) is 16.4 Å². The number of ether oxygens (including phenoxy) is 1. The third-order valence-electron chi connectivity index (χ3n) is 8.19. The molecular formula is C32H34N6O4. The first kappa shape index (κ1) is 27.4. The lowest BCUT2D eigenvalue weighted by Crippen LogP contribution is -2.44. The molecule has 4 aromatic rings. The van der Waals surface area contributed by atoms with Crippen molar-refractivity contribution in [3.05, 3.63) is 66.5 Å². The van der Waals surface area contributed by atoms with Gasteiger partial charge in [0.25, 0.3) is 0 Å². The molecule has 2 aromatic carbocycles. The molecule has 2 aromatic heterocycles. The van der Waals surface area contributed by atoms with Gasteiger partial charge in [-0.2, -0.15) is 0 Å². The van der Waals surface area contributed by atoms with E-state index >= 15 is 0 Å². The van der Waals surface area contributed by atoms with Gasteiger partial charge in [0, 0.05) is 55.3 Å². The van der Waals surface area contributed by atoms with Crippen molar-refractivity contribution in [1.82, 2.24) is 19.9 Å². The number of aromatic nitrogens is 3. The lowest BCUT2D eigenvalue weighted by molar-refractivity contribution is -0.117. The van der Waals surface area contributed by atoms with E-state index in [1.165, 1.54) is 4.90 Å². The maximum atomic E-state index is 12.9. The molecule has 2 unspecified atom stereocenters. The van der Waals surface area contributed by atoms with Crippen LogP contribution in [0, 0.1) is 12.8 Å². The summed E-state index contributed by atoms with van der Waals surface area (Å²) in [7, 11) is 0. The summed E-state index contributed by atoms with van der Waals surface area (Å²) in [6.07, 6.45) is 5.61. The number of nitrogens with zero attached hydrogens (tertiary/aromatic N) is 5. The second-order valence-corrected chi connectivity index (χ2v) is 11.0. The zero-order chi connectivity index (χ0) is 29.2. The number of amides is 2. The Morgan fingerprint density at radius 2 is 1.95 bits per heavy atom. The number of pyridine rings is 1. The minimum atomic E-state index is -0.915. The molecule has 0 saturated carbocycles. The second-order valence-electron chi connectivity index (χ2n) is 11.0. The molecule has 2 N–H and O–H groups in total. The number of nitrogens with one attached hydrogen (secondary N) is 1. The summed E-state index contributed by atoms with van der Waals surface area (Å²) in [4.78, 5) is 41.3. The van der Waals surface area contributed by atoms with Crippen molar-refractivity contribution >= 4 is 34.4 Å². The van der Waals surface area contributed by atoms with Crippen LogP contribution < -0.4 is 15.0 Å². The van der Waals surface area contributed by atoms with Crippen LogP contribution in [0.25, 0.3) is 22.0 Å². The third-order valence-corrected chi connectivity index (χ3v) is 8.19. The second kappa shape index (κ2) is 11.6. The van der Waals surface area contributed by atoms with Gasteiger partial charge in [-0.05, 0) is 55.5 Å². The van der Waals surface area contributed by atoms with E-state index < -0.39 is 6.09 Å². The quantitative estimate of drug-likeness (QED) is 0.275. The van der Waals surface area contributed by atoms with E-state index in [0.717, 1.165) is 47.8 Å². The maximum absolute atomic E-state index is 12.9. The van der Waals surface area contributed by atoms with Gasteiger partial charge in [-0.25, -0.2) is 19.7 Å². The van der Waals surface area contributed by atoms with Crippen molar-refractivity contribution in [3.63, 3.8) is 0 Å². The number of carbonyl (C=O) groups is 2. The smallest absolute Gasteiger partial charge is 0.407 e. The number of fused-ring (bicyclic) bond motifs is 1. The molecule has 216 valence electrons. The van der Waals surface area contributed by atoms with Crippen LogP contribution in [-0.2, 0) is 4.79 Å². The number of benzene rings is 2. The summed E-state index contributed by atoms with van der Waals surface area (Å²) in [6, 6.07) is 15.5. The Balaban J connectivity index is 1.31. The number of carbonyl (C=O) groups excluding carboxylic acids is 1. The first-order valence-electron chi connectivity index (χ1n) is 14.4. The van der Waals surface area contributed by atoms with Crippen molar-refractivity contribution in [2.45, 2.75) is 45.6 Å². The number of aryl methyl sites for hydroxylation is 1. The Labute approximate surface area is 244 Å². The number of rotatable bonds is 7. The molecule has 2 aliphatic heterocycles. The third kappa shape index (κ3) is 5.44. The van der Waals surface area contributed by atoms with Gasteiger partial charge in [0.2, 0.25) is 17.7 Å². The number of carboxylic acid groups (broad SMARTS) is 1. The molecule has 2 saturated heterocycles. The van der Waals surface area contributed by atoms with E-state index in [1.807, 2.05) is 48.2 Å². The summed E-state index contributed by atoms with van der Waals surface area (Å²) in [5.74, 6) is 2.02. The molecule has 10 heteroatoms. The highest BCUT2D eigenvalue weighted by Crippen LogP contribution is 2.40. The molecule has 6 rings (SSSR count). The van der Waals surface area contributed by atoms with Gasteiger partial charge in [0.15, 0.2) is 0 Å². The van der Waals surface area contributed by atoms with Gasteiger partial charge in [0.1, 0.15) is 5.75 Å². The molecular weight excluding hydrogens is 532 g/mol. The van der Waals surface area contributed by atoms with Crippen LogP contribution in [0.15, 0.2) is 60.9 Å². The highest BCUT2D eigenvalue weighted by molar-refractivity contribution is 6.06. The zero-order valence-corrected chi connectivity index (χ0v) is 23.8. The molecule has 0 radical (unpaired) electrons. The lowest BCUT2D eigenvalue weighted by Gasteiger charge is -2.31. The van der Waals surface area contributed by atoms with E-state index in [4.69, 9.17) is 9.72 Å². The molecule has 2 atom stereocenters. The Hall–Kier alpha value is -4.73.